The summed E-state index contributed by atoms with van der Waals surface area (Å²) < 4.78 is 0. The molecule has 18 heavy (non-hydrogen) atoms. The topological polar surface area (TPSA) is 64.6 Å². The first-order valence-electron chi connectivity index (χ1n) is 7.05. The number of carbonyl (C=O) groups is 1. The number of likely N-dealkylation sites (tertiary alicyclic amines) is 1. The van der Waals surface area contributed by atoms with Crippen molar-refractivity contribution in [2.45, 2.75) is 45.3 Å². The van der Waals surface area contributed by atoms with Crippen LogP contribution in [0.2, 0.25) is 0 Å². The van der Waals surface area contributed by atoms with Crippen LogP contribution in [0.25, 0.3) is 0 Å². The van der Waals surface area contributed by atoms with E-state index in [1.807, 2.05) is 13.8 Å². The van der Waals surface area contributed by atoms with Crippen LogP contribution in [0, 0.1) is 0 Å². The lowest BCUT2D eigenvalue weighted by molar-refractivity contribution is -0.122. The minimum atomic E-state index is -0.399. The van der Waals surface area contributed by atoms with Gasteiger partial charge in [0.1, 0.15) is 0 Å². The van der Waals surface area contributed by atoms with E-state index >= 15 is 0 Å². The molecule has 1 heterocycles. The highest BCUT2D eigenvalue weighted by Crippen LogP contribution is 2.07. The van der Waals surface area contributed by atoms with Crippen molar-refractivity contribution >= 4 is 5.91 Å². The van der Waals surface area contributed by atoms with E-state index in [1.165, 1.54) is 12.8 Å². The molecule has 2 atom stereocenters. The average molecular weight is 257 g/mol. The minimum absolute atomic E-state index is 0.00484. The summed E-state index contributed by atoms with van der Waals surface area (Å²) in [7, 11) is 0. The summed E-state index contributed by atoms with van der Waals surface area (Å²) in [6.45, 7) is 7.91. The van der Waals surface area contributed by atoms with Crippen molar-refractivity contribution in [3.8, 4) is 0 Å². The average Bonchev–Trinajstić information content (AvgIpc) is 2.85. The molecule has 1 amide bonds. The van der Waals surface area contributed by atoms with Crippen molar-refractivity contribution in [3.63, 3.8) is 0 Å². The summed E-state index contributed by atoms with van der Waals surface area (Å²) in [5.74, 6) is 0.00484. The van der Waals surface area contributed by atoms with Gasteiger partial charge < -0.3 is 20.6 Å². The van der Waals surface area contributed by atoms with Gasteiger partial charge >= 0.3 is 0 Å². The molecule has 1 aliphatic heterocycles. The molecule has 0 aromatic carbocycles. The zero-order valence-electron chi connectivity index (χ0n) is 11.6. The van der Waals surface area contributed by atoms with Gasteiger partial charge in [0.2, 0.25) is 5.91 Å². The first kappa shape index (κ1) is 15.4. The quantitative estimate of drug-likeness (QED) is 0.570. The molecule has 2 unspecified atom stereocenters. The van der Waals surface area contributed by atoms with Gasteiger partial charge in [-0.05, 0) is 39.3 Å². The summed E-state index contributed by atoms with van der Waals surface area (Å²) in [4.78, 5) is 13.9. The van der Waals surface area contributed by atoms with Crippen molar-refractivity contribution < 1.29 is 9.90 Å². The van der Waals surface area contributed by atoms with Gasteiger partial charge in [0, 0.05) is 19.6 Å². The van der Waals surface area contributed by atoms with Gasteiger partial charge in [-0.15, -0.1) is 0 Å². The second-order valence-corrected chi connectivity index (χ2v) is 5.08. The summed E-state index contributed by atoms with van der Waals surface area (Å²) in [6.07, 6.45) is 3.01. The Balaban J connectivity index is 2.12. The third kappa shape index (κ3) is 5.80. The molecule has 0 aliphatic carbocycles. The van der Waals surface area contributed by atoms with Crippen molar-refractivity contribution in [2.75, 3.05) is 32.7 Å². The number of carbonyl (C=O) groups excluding carboxylic acids is 1. The second kappa shape index (κ2) is 8.45. The maximum Gasteiger partial charge on any atom is 0.236 e. The molecular formula is C13H27N3O2. The zero-order valence-corrected chi connectivity index (χ0v) is 11.6. The van der Waals surface area contributed by atoms with Crippen molar-refractivity contribution in [1.29, 1.82) is 0 Å². The van der Waals surface area contributed by atoms with Crippen LogP contribution in [-0.2, 0) is 4.79 Å². The number of amides is 1. The largest absolute Gasteiger partial charge is 0.390 e. The van der Waals surface area contributed by atoms with Crippen LogP contribution in [0.5, 0.6) is 0 Å². The fourth-order valence-electron chi connectivity index (χ4n) is 2.13. The predicted molar refractivity (Wildman–Crippen MR) is 72.4 cm³/mol. The normalized spacial score (nSPS) is 19.7. The Bertz CT molecular complexity index is 242. The molecular weight excluding hydrogens is 230 g/mol. The summed E-state index contributed by atoms with van der Waals surface area (Å²) in [5.41, 5.74) is 0. The summed E-state index contributed by atoms with van der Waals surface area (Å²) >= 11 is 0. The molecule has 106 valence electrons. The first-order valence-corrected chi connectivity index (χ1v) is 7.05. The number of aliphatic hydroxyl groups is 1. The van der Waals surface area contributed by atoms with E-state index in [-0.39, 0.29) is 11.9 Å². The van der Waals surface area contributed by atoms with Gasteiger partial charge in [-0.1, -0.05) is 6.92 Å². The van der Waals surface area contributed by atoms with Gasteiger partial charge in [-0.25, -0.2) is 0 Å². The maximum absolute atomic E-state index is 11.6. The molecule has 0 aromatic rings. The highest BCUT2D eigenvalue weighted by atomic mass is 16.3. The van der Waals surface area contributed by atoms with E-state index in [2.05, 4.69) is 15.5 Å². The molecule has 0 bridgehead atoms. The fourth-order valence-corrected chi connectivity index (χ4v) is 2.13. The van der Waals surface area contributed by atoms with Gasteiger partial charge in [-0.3, -0.25) is 4.79 Å². The van der Waals surface area contributed by atoms with Crippen molar-refractivity contribution in [2.24, 2.45) is 0 Å². The molecule has 1 rings (SSSR count). The van der Waals surface area contributed by atoms with Crippen LogP contribution >= 0.6 is 0 Å². The van der Waals surface area contributed by atoms with E-state index in [4.69, 9.17) is 0 Å². The third-order valence-corrected chi connectivity index (χ3v) is 3.27. The van der Waals surface area contributed by atoms with E-state index < -0.39 is 6.10 Å². The molecule has 0 aromatic heterocycles. The molecule has 1 saturated heterocycles. The lowest BCUT2D eigenvalue weighted by atomic mass is 10.2. The number of nitrogens with zero attached hydrogens (tertiary/aromatic N) is 1. The number of nitrogens with one attached hydrogen (secondary N) is 2. The summed E-state index contributed by atoms with van der Waals surface area (Å²) in [5, 5.41) is 15.8. The summed E-state index contributed by atoms with van der Waals surface area (Å²) in [6, 6.07) is -0.246. The lowest BCUT2D eigenvalue weighted by Gasteiger charge is -2.21. The van der Waals surface area contributed by atoms with Crippen LogP contribution < -0.4 is 10.6 Å². The minimum Gasteiger partial charge on any atom is -0.390 e. The van der Waals surface area contributed by atoms with E-state index in [0.29, 0.717) is 19.6 Å². The molecule has 0 radical (unpaired) electrons. The molecule has 1 fully saturated rings. The Morgan fingerprint density at radius 2 is 2.06 bits per heavy atom. The molecule has 5 heteroatoms. The number of rotatable bonds is 8. The Morgan fingerprint density at radius 3 is 2.67 bits per heavy atom. The van der Waals surface area contributed by atoms with Crippen LogP contribution in [0.1, 0.15) is 33.1 Å². The van der Waals surface area contributed by atoms with E-state index in [0.717, 1.165) is 19.5 Å². The highest BCUT2D eigenvalue weighted by Gasteiger charge is 2.17. The number of hydrogen-bond acceptors (Lipinski definition) is 4. The lowest BCUT2D eigenvalue weighted by Crippen LogP contribution is -2.46. The van der Waals surface area contributed by atoms with Gasteiger partial charge in [0.05, 0.1) is 12.1 Å². The third-order valence-electron chi connectivity index (χ3n) is 3.27. The Labute approximate surface area is 110 Å². The van der Waals surface area contributed by atoms with Crippen molar-refractivity contribution in [3.05, 3.63) is 0 Å². The Kier molecular flexibility index (Phi) is 7.23. The highest BCUT2D eigenvalue weighted by molar-refractivity contribution is 5.81. The molecule has 0 spiro atoms. The molecule has 3 N–H and O–H groups in total. The zero-order chi connectivity index (χ0) is 13.4. The number of aliphatic hydroxyl groups excluding tert-OH is 1. The number of β-amino-alcohol motifs (C(OH)–C–C–N with tert-alkyl or cyclic N) is 1. The van der Waals surface area contributed by atoms with Crippen LogP contribution in [0.15, 0.2) is 0 Å². The SMILES string of the molecule is CCCNC(=O)C(C)NCC(O)CN1CCCC1. The van der Waals surface area contributed by atoms with Crippen molar-refractivity contribution in [1.82, 2.24) is 15.5 Å². The maximum atomic E-state index is 11.6. The molecule has 1 aliphatic rings. The number of hydrogen-bond donors (Lipinski definition) is 3. The van der Waals surface area contributed by atoms with Gasteiger partial charge in [0.15, 0.2) is 0 Å². The van der Waals surface area contributed by atoms with Gasteiger partial charge in [-0.2, -0.15) is 0 Å². The first-order chi connectivity index (χ1) is 8.63. The van der Waals surface area contributed by atoms with E-state index in [9.17, 15) is 9.90 Å². The second-order valence-electron chi connectivity index (χ2n) is 5.08. The van der Waals surface area contributed by atoms with E-state index in [1.54, 1.807) is 0 Å². The molecule has 0 saturated carbocycles. The fraction of sp³-hybridized carbons (Fsp3) is 0.923. The Morgan fingerprint density at radius 1 is 1.39 bits per heavy atom. The smallest absolute Gasteiger partial charge is 0.236 e. The van der Waals surface area contributed by atoms with Crippen LogP contribution in [-0.4, -0.2) is 60.8 Å². The predicted octanol–water partition coefficient (Wildman–Crippen LogP) is -0.0526. The standard InChI is InChI=1S/C13H27N3O2/c1-3-6-14-13(18)11(2)15-9-12(17)10-16-7-4-5-8-16/h11-12,15,17H,3-10H2,1-2H3,(H,14,18). The van der Waals surface area contributed by atoms with Crippen LogP contribution in [0.4, 0.5) is 0 Å². The Hall–Kier alpha value is -0.650. The van der Waals surface area contributed by atoms with Gasteiger partial charge in [0.25, 0.3) is 0 Å². The monoisotopic (exact) mass is 257 g/mol. The van der Waals surface area contributed by atoms with Crippen LogP contribution in [0.3, 0.4) is 0 Å². The molecule has 5 nitrogen and oxygen atoms in total.